The summed E-state index contributed by atoms with van der Waals surface area (Å²) < 4.78 is 11.5. The molecule has 1 saturated heterocycles. The van der Waals surface area contributed by atoms with Crippen LogP contribution in [0.5, 0.6) is 0 Å². The molecule has 7 N–H and O–H groups in total. The highest BCUT2D eigenvalue weighted by atomic mass is 16.6. The number of carbonyl (C=O) groups excluding carboxylic acids is 1. The Labute approximate surface area is 167 Å². The van der Waals surface area contributed by atoms with Gasteiger partial charge in [0.15, 0.2) is 6.23 Å². The van der Waals surface area contributed by atoms with Crippen LogP contribution in [0.4, 0.5) is 5.82 Å². The van der Waals surface area contributed by atoms with Gasteiger partial charge in [-0.1, -0.05) is 20.8 Å². The summed E-state index contributed by atoms with van der Waals surface area (Å²) in [6.07, 6.45) is -3.38. The topological polar surface area (TPSA) is 200 Å². The number of aliphatic carboxylic acids is 1. The quantitative estimate of drug-likeness (QED) is 0.336. The molecule has 2 heterocycles. The van der Waals surface area contributed by atoms with E-state index in [2.05, 4.69) is 4.98 Å². The van der Waals surface area contributed by atoms with Gasteiger partial charge in [0, 0.05) is 12.6 Å². The van der Waals surface area contributed by atoms with Crippen molar-refractivity contribution in [2.45, 2.75) is 57.8 Å². The van der Waals surface area contributed by atoms with E-state index in [0.29, 0.717) is 0 Å². The van der Waals surface area contributed by atoms with Gasteiger partial charge in [0.2, 0.25) is 0 Å². The molecule has 1 aliphatic heterocycles. The molecule has 1 aromatic rings. The molecule has 0 radical (unpaired) electrons. The molecule has 0 aromatic carbocycles. The Morgan fingerprint density at radius 3 is 2.41 bits per heavy atom. The summed E-state index contributed by atoms with van der Waals surface area (Å²) in [4.78, 5) is 36.5. The minimum atomic E-state index is -1.39. The Morgan fingerprint density at radius 2 is 1.93 bits per heavy atom. The van der Waals surface area contributed by atoms with Crippen LogP contribution in [0, 0.1) is 5.92 Å². The SMILES string of the molecule is CC(C)[C@H](N)C(=O)OC[C@H]1O[C@@H](n2ccc(N)nc2=O)[C@@H](O)[C@@H]1O.CCC(=O)O. The molecule has 1 fully saturated rings. The van der Waals surface area contributed by atoms with E-state index in [1.54, 1.807) is 20.8 Å². The lowest BCUT2D eigenvalue weighted by Crippen LogP contribution is -2.40. The van der Waals surface area contributed by atoms with Gasteiger partial charge >= 0.3 is 17.6 Å². The Balaban J connectivity index is 0.000000749. The largest absolute Gasteiger partial charge is 0.481 e. The summed E-state index contributed by atoms with van der Waals surface area (Å²) in [5, 5.41) is 27.8. The summed E-state index contributed by atoms with van der Waals surface area (Å²) in [6.45, 7) is 4.84. The predicted octanol–water partition coefficient (Wildman–Crippen LogP) is -1.55. The van der Waals surface area contributed by atoms with Gasteiger partial charge in [0.25, 0.3) is 0 Å². The van der Waals surface area contributed by atoms with Crippen molar-refractivity contribution in [3.63, 3.8) is 0 Å². The molecule has 0 aliphatic carbocycles. The van der Waals surface area contributed by atoms with E-state index in [0.717, 1.165) is 4.57 Å². The number of hydrogen-bond acceptors (Lipinski definition) is 10. The van der Waals surface area contributed by atoms with Crippen molar-refractivity contribution < 1.29 is 34.4 Å². The van der Waals surface area contributed by atoms with Crippen LogP contribution >= 0.6 is 0 Å². The third-order valence-corrected chi connectivity index (χ3v) is 4.15. The van der Waals surface area contributed by atoms with Gasteiger partial charge in [-0.15, -0.1) is 0 Å². The number of ether oxygens (including phenoxy) is 2. The van der Waals surface area contributed by atoms with Crippen molar-refractivity contribution in [2.24, 2.45) is 11.7 Å². The highest BCUT2D eigenvalue weighted by Crippen LogP contribution is 2.28. The molecule has 0 unspecified atom stereocenters. The van der Waals surface area contributed by atoms with Crippen molar-refractivity contribution in [1.29, 1.82) is 0 Å². The molecule has 29 heavy (non-hydrogen) atoms. The minimum absolute atomic E-state index is 0.0254. The van der Waals surface area contributed by atoms with Crippen molar-refractivity contribution in [3.8, 4) is 0 Å². The monoisotopic (exact) mass is 416 g/mol. The fourth-order valence-corrected chi connectivity index (χ4v) is 2.25. The Hall–Kier alpha value is -2.54. The molecule has 1 aromatic heterocycles. The first-order valence-electron chi connectivity index (χ1n) is 8.99. The number of aromatic nitrogens is 2. The van der Waals surface area contributed by atoms with Crippen LogP contribution in [-0.4, -0.2) is 67.8 Å². The maximum atomic E-state index is 11.8. The second kappa shape index (κ2) is 10.9. The minimum Gasteiger partial charge on any atom is -0.481 e. The zero-order valence-electron chi connectivity index (χ0n) is 16.5. The van der Waals surface area contributed by atoms with Gasteiger partial charge in [-0.05, 0) is 12.0 Å². The molecule has 5 atom stereocenters. The molecule has 164 valence electrons. The average Bonchev–Trinajstić information content (AvgIpc) is 2.94. The van der Waals surface area contributed by atoms with Crippen LogP contribution in [0.15, 0.2) is 17.1 Å². The fourth-order valence-electron chi connectivity index (χ4n) is 2.25. The highest BCUT2D eigenvalue weighted by molar-refractivity contribution is 5.75. The number of carboxylic acid groups (broad SMARTS) is 1. The van der Waals surface area contributed by atoms with E-state index in [9.17, 15) is 24.6 Å². The third kappa shape index (κ3) is 6.78. The number of aliphatic hydroxyl groups excluding tert-OH is 2. The smallest absolute Gasteiger partial charge is 0.351 e. The molecule has 1 aliphatic rings. The van der Waals surface area contributed by atoms with Crippen LogP contribution in [0.2, 0.25) is 0 Å². The van der Waals surface area contributed by atoms with Crippen LogP contribution in [0.1, 0.15) is 33.4 Å². The van der Waals surface area contributed by atoms with Gasteiger partial charge < -0.3 is 36.3 Å². The number of rotatable bonds is 6. The predicted molar refractivity (Wildman–Crippen MR) is 101 cm³/mol. The Bertz CT molecular complexity index is 753. The number of nitrogens with two attached hydrogens (primary N) is 2. The lowest BCUT2D eigenvalue weighted by molar-refractivity contribution is -0.152. The van der Waals surface area contributed by atoms with Gasteiger partial charge in [0.05, 0.1) is 0 Å². The number of carbonyl (C=O) groups is 2. The molecular weight excluding hydrogens is 388 g/mol. The number of anilines is 1. The van der Waals surface area contributed by atoms with Gasteiger partial charge in [0.1, 0.15) is 36.8 Å². The normalized spacial score (nSPS) is 24.5. The van der Waals surface area contributed by atoms with E-state index in [-0.39, 0.29) is 24.8 Å². The second-order valence-electron chi connectivity index (χ2n) is 6.74. The number of aliphatic hydroxyl groups is 2. The van der Waals surface area contributed by atoms with Gasteiger partial charge in [-0.25, -0.2) is 4.79 Å². The van der Waals surface area contributed by atoms with E-state index in [1.165, 1.54) is 12.3 Å². The highest BCUT2D eigenvalue weighted by Gasteiger charge is 2.44. The number of hydrogen-bond donors (Lipinski definition) is 5. The molecule has 0 bridgehead atoms. The van der Waals surface area contributed by atoms with Crippen molar-refractivity contribution in [1.82, 2.24) is 9.55 Å². The molecule has 0 saturated carbocycles. The third-order valence-electron chi connectivity index (χ3n) is 4.15. The molecule has 12 heteroatoms. The van der Waals surface area contributed by atoms with E-state index >= 15 is 0 Å². The van der Waals surface area contributed by atoms with Crippen LogP contribution in [-0.2, 0) is 19.1 Å². The fraction of sp³-hybridized carbons (Fsp3) is 0.647. The van der Waals surface area contributed by atoms with E-state index in [4.69, 9.17) is 26.0 Å². The zero-order valence-corrected chi connectivity index (χ0v) is 16.5. The molecule has 0 amide bonds. The molecule has 0 spiro atoms. The first kappa shape index (κ1) is 24.5. The first-order valence-corrected chi connectivity index (χ1v) is 8.99. The lowest BCUT2D eigenvalue weighted by atomic mass is 10.1. The maximum absolute atomic E-state index is 11.8. The Morgan fingerprint density at radius 1 is 1.34 bits per heavy atom. The van der Waals surface area contributed by atoms with Crippen molar-refractivity contribution >= 4 is 17.8 Å². The van der Waals surface area contributed by atoms with Gasteiger partial charge in [-0.3, -0.25) is 14.2 Å². The molecular formula is C17H28N4O8. The summed E-state index contributed by atoms with van der Waals surface area (Å²) in [7, 11) is 0. The van der Waals surface area contributed by atoms with Crippen LogP contribution in [0.25, 0.3) is 0 Å². The zero-order chi connectivity index (χ0) is 22.3. The number of nitrogens with zero attached hydrogens (tertiary/aromatic N) is 2. The summed E-state index contributed by atoms with van der Waals surface area (Å²) in [5.41, 5.74) is 10.3. The first-order chi connectivity index (χ1) is 13.5. The van der Waals surface area contributed by atoms with Crippen LogP contribution in [0.3, 0.4) is 0 Å². The second-order valence-corrected chi connectivity index (χ2v) is 6.74. The summed E-state index contributed by atoms with van der Waals surface area (Å²) in [6, 6.07) is 0.562. The standard InChI is InChI=1S/C14H22N4O6.C3H6O2/c1-6(2)9(16)13(21)23-5-7-10(19)11(20)12(24-7)18-4-3-8(15)17-14(18)22;1-2-3(4)5/h3-4,6-7,9-12,19-20H,5,16H2,1-2H3,(H2,15,17,22);2H2,1H3,(H,4,5)/t7-,9+,10-,11+,12-;/m1./s1. The van der Waals surface area contributed by atoms with Crippen LogP contribution < -0.4 is 17.2 Å². The molecule has 12 nitrogen and oxygen atoms in total. The van der Waals surface area contributed by atoms with Crippen molar-refractivity contribution in [3.05, 3.63) is 22.7 Å². The average molecular weight is 416 g/mol. The number of esters is 1. The van der Waals surface area contributed by atoms with Gasteiger partial charge in [-0.2, -0.15) is 4.98 Å². The summed E-state index contributed by atoms with van der Waals surface area (Å²) in [5.74, 6) is -1.46. The van der Waals surface area contributed by atoms with E-state index < -0.39 is 48.2 Å². The molecule has 2 rings (SSSR count). The number of nitrogen functional groups attached to an aromatic ring is 1. The maximum Gasteiger partial charge on any atom is 0.351 e. The van der Waals surface area contributed by atoms with E-state index in [1.807, 2.05) is 0 Å². The summed E-state index contributed by atoms with van der Waals surface area (Å²) >= 11 is 0. The van der Waals surface area contributed by atoms with Crippen molar-refractivity contribution in [2.75, 3.05) is 12.3 Å². The Kier molecular flexibility index (Phi) is 9.17. The number of carboxylic acids is 1. The lowest BCUT2D eigenvalue weighted by Gasteiger charge is -2.18.